The minimum atomic E-state index is -0.340. The van der Waals surface area contributed by atoms with Crippen LogP contribution in [-0.4, -0.2) is 21.1 Å². The lowest BCUT2D eigenvalue weighted by molar-refractivity contribution is 0.102. The largest absolute Gasteiger partial charge is 0.365 e. The van der Waals surface area contributed by atoms with Gasteiger partial charge in [0.05, 0.1) is 0 Å². The highest BCUT2D eigenvalue weighted by molar-refractivity contribution is 6.31. The van der Waals surface area contributed by atoms with Crippen molar-refractivity contribution in [2.75, 3.05) is 10.6 Å². The summed E-state index contributed by atoms with van der Waals surface area (Å²) in [5.74, 6) is 0.250. The zero-order chi connectivity index (χ0) is 17.6. The number of carbonyl (C=O) groups is 1. The van der Waals surface area contributed by atoms with E-state index in [0.717, 1.165) is 11.1 Å². The molecular weight excluding hydrogens is 338 g/mol. The molecule has 0 saturated heterocycles. The summed E-state index contributed by atoms with van der Waals surface area (Å²) in [5, 5.41) is 14.5. The zero-order valence-corrected chi connectivity index (χ0v) is 14.3. The normalized spacial score (nSPS) is 10.3. The average molecular weight is 354 g/mol. The molecule has 6 nitrogen and oxygen atoms in total. The second-order valence-corrected chi connectivity index (χ2v) is 5.84. The van der Waals surface area contributed by atoms with E-state index in [2.05, 4.69) is 25.8 Å². The maximum atomic E-state index is 12.2. The first-order valence-electron chi connectivity index (χ1n) is 7.66. The predicted molar refractivity (Wildman–Crippen MR) is 97.7 cm³/mol. The first-order valence-corrected chi connectivity index (χ1v) is 8.03. The lowest BCUT2D eigenvalue weighted by Gasteiger charge is -2.07. The topological polar surface area (TPSA) is 79.8 Å². The van der Waals surface area contributed by atoms with Gasteiger partial charge < -0.3 is 10.6 Å². The van der Waals surface area contributed by atoms with Gasteiger partial charge in [-0.25, -0.2) is 0 Å². The van der Waals surface area contributed by atoms with E-state index in [-0.39, 0.29) is 11.6 Å². The molecule has 0 spiro atoms. The summed E-state index contributed by atoms with van der Waals surface area (Å²) >= 11 is 6.06. The first-order chi connectivity index (χ1) is 12.1. The van der Waals surface area contributed by atoms with Gasteiger partial charge in [-0.2, -0.15) is 0 Å². The third kappa shape index (κ3) is 4.51. The van der Waals surface area contributed by atoms with Gasteiger partial charge in [-0.1, -0.05) is 17.7 Å². The number of halogens is 1. The summed E-state index contributed by atoms with van der Waals surface area (Å²) in [5.41, 5.74) is 2.87. The van der Waals surface area contributed by atoms with Crippen LogP contribution in [0.25, 0.3) is 0 Å². The van der Waals surface area contributed by atoms with Crippen LogP contribution in [0.1, 0.15) is 21.6 Å². The van der Waals surface area contributed by atoms with E-state index >= 15 is 0 Å². The van der Waals surface area contributed by atoms with Gasteiger partial charge in [0.15, 0.2) is 5.69 Å². The summed E-state index contributed by atoms with van der Waals surface area (Å²) < 4.78 is 0. The number of aromatic nitrogens is 3. The van der Waals surface area contributed by atoms with Gasteiger partial charge in [0, 0.05) is 29.6 Å². The fourth-order valence-electron chi connectivity index (χ4n) is 2.11. The molecule has 3 rings (SSSR count). The van der Waals surface area contributed by atoms with Gasteiger partial charge in [0.1, 0.15) is 5.82 Å². The molecule has 7 heteroatoms. The third-order valence-corrected chi connectivity index (χ3v) is 3.96. The van der Waals surface area contributed by atoms with E-state index in [1.807, 2.05) is 25.1 Å². The quantitative estimate of drug-likeness (QED) is 0.731. The fourth-order valence-corrected chi connectivity index (χ4v) is 2.29. The Bertz CT molecular complexity index is 868. The van der Waals surface area contributed by atoms with Gasteiger partial charge in [-0.3, -0.25) is 9.78 Å². The predicted octanol–water partition coefficient (Wildman–Crippen LogP) is 3.70. The molecule has 0 unspecified atom stereocenters. The van der Waals surface area contributed by atoms with Crippen molar-refractivity contribution < 1.29 is 4.79 Å². The molecule has 0 radical (unpaired) electrons. The van der Waals surface area contributed by atoms with Crippen LogP contribution in [0.5, 0.6) is 0 Å². The fraction of sp³-hybridized carbons (Fsp3) is 0.111. The number of rotatable bonds is 5. The number of carbonyl (C=O) groups excluding carboxylic acids is 1. The Morgan fingerprint density at radius 1 is 1.08 bits per heavy atom. The van der Waals surface area contributed by atoms with E-state index < -0.39 is 0 Å². The Morgan fingerprint density at radius 2 is 1.88 bits per heavy atom. The molecule has 2 N–H and O–H groups in total. The highest BCUT2D eigenvalue weighted by Crippen LogP contribution is 2.20. The SMILES string of the molecule is Cc1ccc(NC(=O)c2ccc(NCc3ccncc3)nn2)cc1Cl. The number of hydrogen-bond donors (Lipinski definition) is 2. The van der Waals surface area contributed by atoms with Crippen LogP contribution in [0.15, 0.2) is 54.9 Å². The van der Waals surface area contributed by atoms with Crippen molar-refractivity contribution in [2.24, 2.45) is 0 Å². The molecule has 1 aromatic carbocycles. The minimum absolute atomic E-state index is 0.228. The molecule has 3 aromatic rings. The van der Waals surface area contributed by atoms with E-state index in [4.69, 9.17) is 11.6 Å². The Labute approximate surface area is 150 Å². The van der Waals surface area contributed by atoms with Gasteiger partial charge in [0.25, 0.3) is 5.91 Å². The standard InChI is InChI=1S/C18H16ClN5O/c1-12-2-3-14(10-15(12)19)22-18(25)16-4-5-17(24-23-16)21-11-13-6-8-20-9-7-13/h2-10H,11H2,1H3,(H,21,24)(H,22,25). The lowest BCUT2D eigenvalue weighted by atomic mass is 10.2. The van der Waals surface area contributed by atoms with Crippen molar-refractivity contribution in [3.8, 4) is 0 Å². The van der Waals surface area contributed by atoms with Crippen molar-refractivity contribution in [3.05, 3.63) is 76.7 Å². The number of amides is 1. The molecule has 1 amide bonds. The van der Waals surface area contributed by atoms with Gasteiger partial charge >= 0.3 is 0 Å². The molecule has 25 heavy (non-hydrogen) atoms. The number of nitrogens with zero attached hydrogens (tertiary/aromatic N) is 3. The molecule has 2 aromatic heterocycles. The molecule has 0 aliphatic heterocycles. The van der Waals surface area contributed by atoms with E-state index in [1.165, 1.54) is 0 Å². The van der Waals surface area contributed by atoms with Crippen molar-refractivity contribution in [2.45, 2.75) is 13.5 Å². The van der Waals surface area contributed by atoms with Gasteiger partial charge in [-0.15, -0.1) is 10.2 Å². The smallest absolute Gasteiger partial charge is 0.276 e. The third-order valence-electron chi connectivity index (χ3n) is 3.55. The number of benzene rings is 1. The van der Waals surface area contributed by atoms with Crippen LogP contribution < -0.4 is 10.6 Å². The van der Waals surface area contributed by atoms with Crippen molar-refractivity contribution in [3.63, 3.8) is 0 Å². The van der Waals surface area contributed by atoms with Crippen LogP contribution in [0.3, 0.4) is 0 Å². The zero-order valence-electron chi connectivity index (χ0n) is 13.5. The number of anilines is 2. The van der Waals surface area contributed by atoms with Crippen molar-refractivity contribution in [1.29, 1.82) is 0 Å². The Hall–Kier alpha value is -2.99. The van der Waals surface area contributed by atoms with Crippen LogP contribution in [0, 0.1) is 6.92 Å². The van der Waals surface area contributed by atoms with Crippen LogP contribution in [-0.2, 0) is 6.54 Å². The maximum Gasteiger partial charge on any atom is 0.276 e. The first kappa shape index (κ1) is 16.9. The molecule has 0 bridgehead atoms. The summed E-state index contributed by atoms with van der Waals surface area (Å²) in [4.78, 5) is 16.2. The minimum Gasteiger partial charge on any atom is -0.365 e. The second kappa shape index (κ2) is 7.72. The number of aryl methyl sites for hydroxylation is 1. The maximum absolute atomic E-state index is 12.2. The molecule has 2 heterocycles. The molecule has 126 valence electrons. The van der Waals surface area contributed by atoms with Crippen molar-refractivity contribution in [1.82, 2.24) is 15.2 Å². The van der Waals surface area contributed by atoms with Crippen molar-refractivity contribution >= 4 is 29.0 Å². The van der Waals surface area contributed by atoms with Crippen LogP contribution in [0.2, 0.25) is 5.02 Å². The molecule has 0 atom stereocenters. The molecular formula is C18H16ClN5O. The Balaban J connectivity index is 1.61. The summed E-state index contributed by atoms with van der Waals surface area (Å²) in [6.07, 6.45) is 3.46. The Morgan fingerprint density at radius 3 is 2.56 bits per heavy atom. The second-order valence-electron chi connectivity index (χ2n) is 5.43. The van der Waals surface area contributed by atoms with E-state index in [9.17, 15) is 4.79 Å². The number of nitrogens with one attached hydrogen (secondary N) is 2. The number of hydrogen-bond acceptors (Lipinski definition) is 5. The average Bonchev–Trinajstić information content (AvgIpc) is 2.64. The van der Waals surface area contributed by atoms with Gasteiger partial charge in [-0.05, 0) is 54.4 Å². The van der Waals surface area contributed by atoms with Crippen LogP contribution in [0.4, 0.5) is 11.5 Å². The highest BCUT2D eigenvalue weighted by Gasteiger charge is 2.09. The monoisotopic (exact) mass is 353 g/mol. The number of pyridine rings is 1. The molecule has 0 fully saturated rings. The molecule has 0 saturated carbocycles. The van der Waals surface area contributed by atoms with Crippen LogP contribution >= 0.6 is 11.6 Å². The summed E-state index contributed by atoms with van der Waals surface area (Å²) in [7, 11) is 0. The van der Waals surface area contributed by atoms with E-state index in [0.29, 0.717) is 23.1 Å². The van der Waals surface area contributed by atoms with E-state index in [1.54, 1.807) is 36.7 Å². The highest BCUT2D eigenvalue weighted by atomic mass is 35.5. The summed E-state index contributed by atoms with van der Waals surface area (Å²) in [6.45, 7) is 2.50. The summed E-state index contributed by atoms with van der Waals surface area (Å²) in [6, 6.07) is 12.5. The van der Waals surface area contributed by atoms with Gasteiger partial charge in [0.2, 0.25) is 0 Å². The molecule has 0 aliphatic rings. The lowest BCUT2D eigenvalue weighted by Crippen LogP contribution is -2.15. The Kier molecular flexibility index (Phi) is 5.20. The molecule has 0 aliphatic carbocycles.